The second-order valence-corrected chi connectivity index (χ2v) is 3.94. The van der Waals surface area contributed by atoms with E-state index in [9.17, 15) is 4.79 Å². The number of hydrogen-bond donors (Lipinski definition) is 1. The lowest BCUT2D eigenvalue weighted by molar-refractivity contribution is -0.135. The molecule has 2 fully saturated rings. The molecule has 1 aliphatic carbocycles. The van der Waals surface area contributed by atoms with E-state index in [1.54, 1.807) is 7.11 Å². The van der Waals surface area contributed by atoms with Crippen LogP contribution in [0.4, 0.5) is 0 Å². The molecule has 2 aliphatic rings. The van der Waals surface area contributed by atoms with Gasteiger partial charge in [-0.15, -0.1) is 0 Å². The number of carbonyl (C=O) groups excluding carboxylic acids is 1. The summed E-state index contributed by atoms with van der Waals surface area (Å²) in [7, 11) is 1.77. The summed E-state index contributed by atoms with van der Waals surface area (Å²) in [4.78, 5) is 10.8. The smallest absolute Gasteiger partial charge is 0.222 e. The van der Waals surface area contributed by atoms with Crippen molar-refractivity contribution in [2.45, 2.75) is 43.7 Å². The van der Waals surface area contributed by atoms with Gasteiger partial charge in [0.05, 0.1) is 6.10 Å². The largest absolute Gasteiger partial charge is 0.381 e. The van der Waals surface area contributed by atoms with Crippen molar-refractivity contribution in [2.24, 2.45) is 0 Å². The predicted octanol–water partition coefficient (Wildman–Crippen LogP) is 0.834. The van der Waals surface area contributed by atoms with Gasteiger partial charge in [-0.25, -0.2) is 0 Å². The first-order valence-electron chi connectivity index (χ1n) is 4.58. The number of nitrogens with one attached hydrogen (secondary N) is 1. The number of ether oxygens (including phenoxy) is 1. The molecule has 0 atom stereocenters. The van der Waals surface area contributed by atoms with E-state index in [2.05, 4.69) is 5.32 Å². The molecule has 1 saturated heterocycles. The summed E-state index contributed by atoms with van der Waals surface area (Å²) in [5.74, 6) is 0.214. The predicted molar refractivity (Wildman–Crippen MR) is 44.8 cm³/mol. The highest BCUT2D eigenvalue weighted by Crippen LogP contribution is 2.36. The number of β-lactam (4-membered cyclic amide) rings is 1. The number of methoxy groups -OCH3 is 1. The Morgan fingerprint density at radius 2 is 2.08 bits per heavy atom. The molecule has 1 heterocycles. The first-order chi connectivity index (χ1) is 5.74. The van der Waals surface area contributed by atoms with E-state index in [-0.39, 0.29) is 11.4 Å². The highest BCUT2D eigenvalue weighted by atomic mass is 16.5. The molecule has 0 unspecified atom stereocenters. The lowest BCUT2D eigenvalue weighted by Gasteiger charge is -2.46. The molecule has 3 nitrogen and oxygen atoms in total. The Morgan fingerprint density at radius 3 is 2.50 bits per heavy atom. The molecule has 1 N–H and O–H groups in total. The van der Waals surface area contributed by atoms with Crippen LogP contribution in [0.25, 0.3) is 0 Å². The Balaban J connectivity index is 1.86. The fraction of sp³-hybridized carbons (Fsp3) is 0.889. The van der Waals surface area contributed by atoms with Gasteiger partial charge in [0.25, 0.3) is 0 Å². The van der Waals surface area contributed by atoms with Gasteiger partial charge in [0, 0.05) is 19.1 Å². The lowest BCUT2D eigenvalue weighted by atomic mass is 9.73. The molecule has 68 valence electrons. The summed E-state index contributed by atoms with van der Waals surface area (Å²) in [5.41, 5.74) is 0.173. The van der Waals surface area contributed by atoms with E-state index >= 15 is 0 Å². The average Bonchev–Trinajstić information content (AvgIpc) is 2.04. The van der Waals surface area contributed by atoms with E-state index in [1.165, 1.54) is 0 Å². The molecule has 3 heteroatoms. The minimum absolute atomic E-state index is 0.173. The third kappa shape index (κ3) is 1.22. The van der Waals surface area contributed by atoms with Crippen molar-refractivity contribution in [3.63, 3.8) is 0 Å². The minimum Gasteiger partial charge on any atom is -0.381 e. The summed E-state index contributed by atoms with van der Waals surface area (Å²) in [6.07, 6.45) is 5.54. The van der Waals surface area contributed by atoms with E-state index in [1.807, 2.05) is 0 Å². The van der Waals surface area contributed by atoms with Gasteiger partial charge in [0.15, 0.2) is 0 Å². The van der Waals surface area contributed by atoms with Crippen LogP contribution < -0.4 is 5.32 Å². The summed E-state index contributed by atoms with van der Waals surface area (Å²) in [6, 6.07) is 0. The van der Waals surface area contributed by atoms with Crippen molar-refractivity contribution in [3.8, 4) is 0 Å². The first-order valence-corrected chi connectivity index (χ1v) is 4.58. The topological polar surface area (TPSA) is 38.3 Å². The Morgan fingerprint density at radius 1 is 1.50 bits per heavy atom. The van der Waals surface area contributed by atoms with Crippen LogP contribution in [0.1, 0.15) is 32.1 Å². The Labute approximate surface area is 72.5 Å². The van der Waals surface area contributed by atoms with Crippen molar-refractivity contribution in [3.05, 3.63) is 0 Å². The maximum absolute atomic E-state index is 10.8. The molecule has 0 bridgehead atoms. The zero-order valence-corrected chi connectivity index (χ0v) is 7.43. The molecule has 1 saturated carbocycles. The molecule has 0 aromatic heterocycles. The first kappa shape index (κ1) is 8.05. The van der Waals surface area contributed by atoms with Crippen molar-refractivity contribution in [1.82, 2.24) is 5.32 Å². The summed E-state index contributed by atoms with van der Waals surface area (Å²) in [5, 5.41) is 3.01. The van der Waals surface area contributed by atoms with Crippen LogP contribution in [-0.4, -0.2) is 24.7 Å². The molecule has 12 heavy (non-hydrogen) atoms. The van der Waals surface area contributed by atoms with Gasteiger partial charge >= 0.3 is 0 Å². The van der Waals surface area contributed by atoms with E-state index in [0.717, 1.165) is 32.1 Å². The van der Waals surface area contributed by atoms with Gasteiger partial charge in [-0.05, 0) is 25.7 Å². The lowest BCUT2D eigenvalue weighted by Crippen LogP contribution is -2.62. The van der Waals surface area contributed by atoms with Crippen LogP contribution in [0.15, 0.2) is 0 Å². The molecule has 0 aromatic rings. The maximum Gasteiger partial charge on any atom is 0.222 e. The van der Waals surface area contributed by atoms with Gasteiger partial charge in [0.2, 0.25) is 5.91 Å². The number of carbonyl (C=O) groups is 1. The quantitative estimate of drug-likeness (QED) is 0.590. The average molecular weight is 169 g/mol. The zero-order chi connectivity index (χ0) is 8.60. The van der Waals surface area contributed by atoms with Crippen LogP contribution in [-0.2, 0) is 9.53 Å². The maximum atomic E-state index is 10.8. The van der Waals surface area contributed by atoms with E-state index in [4.69, 9.17) is 4.74 Å². The Hall–Kier alpha value is -0.570. The third-order valence-electron chi connectivity index (χ3n) is 3.13. The number of amides is 1. The molecule has 0 radical (unpaired) electrons. The Bertz CT molecular complexity index is 185. The molecular weight excluding hydrogens is 154 g/mol. The van der Waals surface area contributed by atoms with Crippen LogP contribution in [0.5, 0.6) is 0 Å². The van der Waals surface area contributed by atoms with Gasteiger partial charge in [0.1, 0.15) is 0 Å². The van der Waals surface area contributed by atoms with E-state index < -0.39 is 0 Å². The highest BCUT2D eigenvalue weighted by molar-refractivity contribution is 5.84. The monoisotopic (exact) mass is 169 g/mol. The summed E-state index contributed by atoms with van der Waals surface area (Å²) >= 11 is 0. The van der Waals surface area contributed by atoms with Gasteiger partial charge < -0.3 is 10.1 Å². The van der Waals surface area contributed by atoms with E-state index in [0.29, 0.717) is 6.10 Å². The number of hydrogen-bond acceptors (Lipinski definition) is 2. The van der Waals surface area contributed by atoms with Crippen LogP contribution in [0, 0.1) is 0 Å². The fourth-order valence-electron chi connectivity index (χ4n) is 2.27. The molecule has 1 spiro atoms. The van der Waals surface area contributed by atoms with Gasteiger partial charge in [-0.2, -0.15) is 0 Å². The van der Waals surface area contributed by atoms with Crippen molar-refractivity contribution in [2.75, 3.05) is 7.11 Å². The Kier molecular flexibility index (Phi) is 1.83. The van der Waals surface area contributed by atoms with Crippen molar-refractivity contribution < 1.29 is 9.53 Å². The van der Waals surface area contributed by atoms with Gasteiger partial charge in [-0.1, -0.05) is 0 Å². The second kappa shape index (κ2) is 2.73. The summed E-state index contributed by atoms with van der Waals surface area (Å²) in [6.45, 7) is 0. The molecule has 1 aliphatic heterocycles. The zero-order valence-electron chi connectivity index (χ0n) is 7.43. The van der Waals surface area contributed by atoms with Crippen LogP contribution in [0.3, 0.4) is 0 Å². The molecule has 1 amide bonds. The summed E-state index contributed by atoms with van der Waals surface area (Å²) < 4.78 is 5.27. The van der Waals surface area contributed by atoms with Crippen molar-refractivity contribution in [1.29, 1.82) is 0 Å². The van der Waals surface area contributed by atoms with Gasteiger partial charge in [-0.3, -0.25) is 4.79 Å². The van der Waals surface area contributed by atoms with Crippen LogP contribution >= 0.6 is 0 Å². The fourth-order valence-corrected chi connectivity index (χ4v) is 2.27. The molecular formula is C9H15NO2. The second-order valence-electron chi connectivity index (χ2n) is 3.94. The number of rotatable bonds is 1. The molecule has 2 rings (SSSR count). The van der Waals surface area contributed by atoms with Crippen molar-refractivity contribution >= 4 is 5.91 Å². The third-order valence-corrected chi connectivity index (χ3v) is 3.13. The molecule has 0 aromatic carbocycles. The standard InChI is InChI=1S/C9H15NO2/c1-12-7-2-4-9(5-3-7)6-8(11)10-9/h7H,2-6H2,1H3,(H,10,11). The normalized spacial score (nSPS) is 40.8. The van der Waals surface area contributed by atoms with Crippen LogP contribution in [0.2, 0.25) is 0 Å². The minimum atomic E-state index is 0.173. The SMILES string of the molecule is COC1CCC2(CC1)CC(=O)N2. The highest BCUT2D eigenvalue weighted by Gasteiger charge is 2.44.